The molecule has 1 saturated carbocycles. The summed E-state index contributed by atoms with van der Waals surface area (Å²) in [5, 5.41) is 4.36. The van der Waals surface area contributed by atoms with Crippen molar-refractivity contribution in [2.24, 2.45) is 0 Å². The lowest BCUT2D eigenvalue weighted by Gasteiger charge is -2.19. The van der Waals surface area contributed by atoms with E-state index in [0.717, 1.165) is 38.8 Å². The molecular formula is C12H21N2O. The molecule has 1 aliphatic carbocycles. The molecule has 3 heteroatoms. The minimum atomic E-state index is 0.0550. The summed E-state index contributed by atoms with van der Waals surface area (Å²) in [6, 6.07) is 0.375. The second-order valence-corrected chi connectivity index (χ2v) is 4.75. The summed E-state index contributed by atoms with van der Waals surface area (Å²) in [6.45, 7) is 1.85. The minimum Gasteiger partial charge on any atom is -0.323 e. The minimum absolute atomic E-state index is 0.0550. The van der Waals surface area contributed by atoms with Gasteiger partial charge in [-0.15, -0.1) is 0 Å². The van der Waals surface area contributed by atoms with Gasteiger partial charge in [-0.25, -0.2) is 10.1 Å². The van der Waals surface area contributed by atoms with Crippen molar-refractivity contribution in [2.45, 2.75) is 57.4 Å². The van der Waals surface area contributed by atoms with Crippen LogP contribution in [0.25, 0.3) is 0 Å². The van der Waals surface area contributed by atoms with Crippen molar-refractivity contribution in [1.82, 2.24) is 10.2 Å². The quantitative estimate of drug-likeness (QED) is 0.611. The van der Waals surface area contributed by atoms with Crippen molar-refractivity contribution in [3.63, 3.8) is 0 Å². The van der Waals surface area contributed by atoms with Gasteiger partial charge in [0.15, 0.2) is 0 Å². The van der Waals surface area contributed by atoms with Gasteiger partial charge in [0.1, 0.15) is 0 Å². The fourth-order valence-electron chi connectivity index (χ4n) is 2.53. The molecule has 0 spiro atoms. The van der Waals surface area contributed by atoms with E-state index in [1.807, 2.05) is 4.90 Å². The van der Waals surface area contributed by atoms with Crippen LogP contribution in [0.4, 0.5) is 4.79 Å². The number of amides is 2. The Bertz CT molecular complexity index is 204. The molecule has 0 N–H and O–H groups in total. The van der Waals surface area contributed by atoms with Crippen LogP contribution in [0.3, 0.4) is 0 Å². The van der Waals surface area contributed by atoms with Crippen LogP contribution in [0, 0.1) is 0 Å². The van der Waals surface area contributed by atoms with E-state index in [-0.39, 0.29) is 6.03 Å². The van der Waals surface area contributed by atoms with Crippen LogP contribution in [0.1, 0.15) is 51.4 Å². The SMILES string of the molecule is O=C([N]C1CCCCCC1)N1CCCC1. The second-order valence-electron chi connectivity index (χ2n) is 4.75. The van der Waals surface area contributed by atoms with Crippen LogP contribution in [-0.4, -0.2) is 30.1 Å². The molecule has 0 atom stereocenters. The van der Waals surface area contributed by atoms with Crippen molar-refractivity contribution in [3.05, 3.63) is 0 Å². The van der Waals surface area contributed by atoms with E-state index in [1.54, 1.807) is 0 Å². The van der Waals surface area contributed by atoms with Crippen molar-refractivity contribution in [2.75, 3.05) is 13.1 Å². The maximum absolute atomic E-state index is 11.8. The highest BCUT2D eigenvalue weighted by atomic mass is 16.2. The molecular weight excluding hydrogens is 188 g/mol. The molecule has 2 rings (SSSR count). The van der Waals surface area contributed by atoms with E-state index in [0.29, 0.717) is 6.04 Å². The Morgan fingerprint density at radius 1 is 0.933 bits per heavy atom. The van der Waals surface area contributed by atoms with E-state index in [2.05, 4.69) is 5.32 Å². The molecule has 0 unspecified atom stereocenters. The van der Waals surface area contributed by atoms with Crippen LogP contribution in [-0.2, 0) is 0 Å². The molecule has 85 valence electrons. The van der Waals surface area contributed by atoms with Crippen LogP contribution >= 0.6 is 0 Å². The molecule has 0 aromatic heterocycles. The Hall–Kier alpha value is -0.730. The summed E-state index contributed by atoms with van der Waals surface area (Å²) in [4.78, 5) is 13.7. The van der Waals surface area contributed by atoms with Gasteiger partial charge in [0.25, 0.3) is 0 Å². The number of carbonyl (C=O) groups excluding carboxylic acids is 1. The molecule has 2 fully saturated rings. The van der Waals surface area contributed by atoms with Gasteiger partial charge in [-0.1, -0.05) is 25.7 Å². The molecule has 15 heavy (non-hydrogen) atoms. The number of hydrogen-bond acceptors (Lipinski definition) is 1. The van der Waals surface area contributed by atoms with Crippen molar-refractivity contribution < 1.29 is 4.79 Å². The second kappa shape index (κ2) is 5.38. The predicted molar refractivity (Wildman–Crippen MR) is 59.8 cm³/mol. The van der Waals surface area contributed by atoms with Crippen LogP contribution < -0.4 is 5.32 Å². The van der Waals surface area contributed by atoms with Crippen molar-refractivity contribution in [1.29, 1.82) is 0 Å². The smallest absolute Gasteiger partial charge is 0.323 e. The third-order valence-electron chi connectivity index (χ3n) is 3.49. The monoisotopic (exact) mass is 209 g/mol. The van der Waals surface area contributed by atoms with Gasteiger partial charge in [-0.2, -0.15) is 0 Å². The predicted octanol–water partition coefficient (Wildman–Crippen LogP) is 2.53. The van der Waals surface area contributed by atoms with E-state index in [4.69, 9.17) is 0 Å². The molecule has 2 amide bonds. The summed E-state index contributed by atoms with van der Waals surface area (Å²) in [5.74, 6) is 0. The largest absolute Gasteiger partial charge is 0.339 e. The van der Waals surface area contributed by atoms with E-state index in [1.165, 1.54) is 25.7 Å². The fraction of sp³-hybridized carbons (Fsp3) is 0.917. The zero-order valence-corrected chi connectivity index (χ0v) is 9.45. The number of carbonyl (C=O) groups is 1. The highest BCUT2D eigenvalue weighted by molar-refractivity contribution is 5.74. The topological polar surface area (TPSA) is 34.4 Å². The summed E-state index contributed by atoms with van der Waals surface area (Å²) in [6.07, 6.45) is 9.72. The number of likely N-dealkylation sites (tertiary alicyclic amines) is 1. The normalized spacial score (nSPS) is 23.9. The van der Waals surface area contributed by atoms with Gasteiger partial charge < -0.3 is 4.90 Å². The van der Waals surface area contributed by atoms with Gasteiger partial charge in [-0.05, 0) is 25.7 Å². The number of hydrogen-bond donors (Lipinski definition) is 0. The van der Waals surface area contributed by atoms with Gasteiger partial charge >= 0.3 is 6.03 Å². The molecule has 0 bridgehead atoms. The molecule has 3 nitrogen and oxygen atoms in total. The van der Waals surface area contributed by atoms with E-state index in [9.17, 15) is 4.79 Å². The summed E-state index contributed by atoms with van der Waals surface area (Å²) < 4.78 is 0. The maximum atomic E-state index is 11.8. The molecule has 1 radical (unpaired) electrons. The van der Waals surface area contributed by atoms with Gasteiger partial charge in [-0.3, -0.25) is 0 Å². The van der Waals surface area contributed by atoms with Crippen molar-refractivity contribution in [3.8, 4) is 0 Å². The zero-order valence-electron chi connectivity index (χ0n) is 9.45. The highest BCUT2D eigenvalue weighted by Gasteiger charge is 2.22. The van der Waals surface area contributed by atoms with Crippen molar-refractivity contribution >= 4 is 6.03 Å². The molecule has 0 aromatic rings. The molecule has 0 aromatic carbocycles. The zero-order chi connectivity index (χ0) is 10.5. The Morgan fingerprint density at radius 3 is 2.13 bits per heavy atom. The third kappa shape index (κ3) is 3.11. The number of urea groups is 1. The Balaban J connectivity index is 1.76. The Labute approximate surface area is 92.2 Å². The first kappa shape index (κ1) is 10.8. The first-order valence-corrected chi connectivity index (χ1v) is 6.36. The van der Waals surface area contributed by atoms with Gasteiger partial charge in [0, 0.05) is 13.1 Å². The van der Waals surface area contributed by atoms with Crippen LogP contribution in [0.15, 0.2) is 0 Å². The van der Waals surface area contributed by atoms with Gasteiger partial charge in [0.05, 0.1) is 6.04 Å². The van der Waals surface area contributed by atoms with Crippen LogP contribution in [0.2, 0.25) is 0 Å². The summed E-state index contributed by atoms with van der Waals surface area (Å²) >= 11 is 0. The standard InChI is InChI=1S/C12H21N2O/c15-12(14-9-5-6-10-14)13-11-7-3-1-2-4-8-11/h11H,1-10H2. The third-order valence-corrected chi connectivity index (χ3v) is 3.49. The lowest BCUT2D eigenvalue weighted by Crippen LogP contribution is -2.38. The summed E-state index contributed by atoms with van der Waals surface area (Å²) in [7, 11) is 0. The molecule has 1 saturated heterocycles. The lowest BCUT2D eigenvalue weighted by atomic mass is 10.1. The molecule has 1 aliphatic heterocycles. The summed E-state index contributed by atoms with van der Waals surface area (Å²) in [5.41, 5.74) is 0. The van der Waals surface area contributed by atoms with E-state index >= 15 is 0 Å². The number of rotatable bonds is 1. The molecule has 2 aliphatic rings. The Morgan fingerprint density at radius 2 is 1.53 bits per heavy atom. The fourth-order valence-corrected chi connectivity index (χ4v) is 2.53. The molecule has 1 heterocycles. The average Bonchev–Trinajstić information content (AvgIpc) is 2.65. The highest BCUT2D eigenvalue weighted by Crippen LogP contribution is 2.18. The Kier molecular flexibility index (Phi) is 3.87. The first-order chi connectivity index (χ1) is 7.36. The lowest BCUT2D eigenvalue weighted by molar-refractivity contribution is 0.202. The van der Waals surface area contributed by atoms with E-state index < -0.39 is 0 Å². The number of nitrogens with zero attached hydrogens (tertiary/aromatic N) is 2. The van der Waals surface area contributed by atoms with Crippen LogP contribution in [0.5, 0.6) is 0 Å². The maximum Gasteiger partial charge on any atom is 0.339 e. The average molecular weight is 209 g/mol. The van der Waals surface area contributed by atoms with Gasteiger partial charge in [0.2, 0.25) is 0 Å². The first-order valence-electron chi connectivity index (χ1n) is 6.36.